The van der Waals surface area contributed by atoms with Crippen molar-refractivity contribution in [2.45, 2.75) is 38.0 Å². The van der Waals surface area contributed by atoms with Crippen LogP contribution >= 0.6 is 11.8 Å². The Balaban J connectivity index is 1.55. The lowest BCUT2D eigenvalue weighted by Gasteiger charge is -2.19. The van der Waals surface area contributed by atoms with Crippen LogP contribution in [0.5, 0.6) is 0 Å². The van der Waals surface area contributed by atoms with Crippen LogP contribution in [0.15, 0.2) is 57.3 Å². The highest BCUT2D eigenvalue weighted by Gasteiger charge is 2.34. The van der Waals surface area contributed by atoms with E-state index in [4.69, 9.17) is 4.42 Å². The highest BCUT2D eigenvalue weighted by Crippen LogP contribution is 2.33. The zero-order valence-corrected chi connectivity index (χ0v) is 16.5. The van der Waals surface area contributed by atoms with Crippen LogP contribution in [0.2, 0.25) is 0 Å². The molecule has 144 valence electrons. The van der Waals surface area contributed by atoms with E-state index in [1.165, 1.54) is 22.3 Å². The molecule has 0 N–H and O–H groups in total. The Hall–Kier alpha value is -2.94. The largest absolute Gasteiger partial charge is 0.467 e. The molecule has 0 saturated carbocycles. The molecule has 0 fully saturated rings. The van der Waals surface area contributed by atoms with Gasteiger partial charge in [0.2, 0.25) is 5.16 Å². The van der Waals surface area contributed by atoms with Crippen molar-refractivity contribution in [3.63, 3.8) is 0 Å². The highest BCUT2D eigenvalue weighted by atomic mass is 32.2. The number of benzene rings is 1. The first-order valence-corrected chi connectivity index (χ1v) is 10.0. The van der Waals surface area contributed by atoms with Crippen LogP contribution < -0.4 is 0 Å². The zero-order valence-electron chi connectivity index (χ0n) is 15.6. The third kappa shape index (κ3) is 3.70. The zero-order chi connectivity index (χ0) is 19.5. The van der Waals surface area contributed by atoms with Gasteiger partial charge in [-0.25, -0.2) is 9.69 Å². The van der Waals surface area contributed by atoms with Gasteiger partial charge in [0, 0.05) is 13.0 Å². The molecule has 1 aliphatic heterocycles. The average Bonchev–Trinajstić information content (AvgIpc) is 3.46. The lowest BCUT2D eigenvalue weighted by molar-refractivity contribution is -0.130. The minimum Gasteiger partial charge on any atom is -0.467 e. The van der Waals surface area contributed by atoms with E-state index >= 15 is 0 Å². The minimum absolute atomic E-state index is 0.112. The summed E-state index contributed by atoms with van der Waals surface area (Å²) in [7, 11) is 0. The van der Waals surface area contributed by atoms with Crippen molar-refractivity contribution in [3.05, 3.63) is 59.5 Å². The van der Waals surface area contributed by atoms with Gasteiger partial charge in [0.05, 0.1) is 17.7 Å². The van der Waals surface area contributed by atoms with Crippen LogP contribution in [-0.2, 0) is 11.3 Å². The number of carbonyl (C=O) groups is 1. The topological polar surface area (TPSA) is 89.4 Å². The second-order valence-corrected chi connectivity index (χ2v) is 7.39. The van der Waals surface area contributed by atoms with Crippen LogP contribution in [0, 0.1) is 6.92 Å². The Kier molecular flexibility index (Phi) is 5.25. The number of furan rings is 1. The summed E-state index contributed by atoms with van der Waals surface area (Å²) in [6, 6.07) is 11.6. The number of aryl methyl sites for hydroxylation is 2. The fourth-order valence-corrected chi connectivity index (χ4v) is 3.85. The molecule has 3 aromatic rings. The molecule has 1 atom stereocenters. The van der Waals surface area contributed by atoms with Gasteiger partial charge in [0.1, 0.15) is 11.8 Å². The van der Waals surface area contributed by atoms with E-state index in [1.54, 1.807) is 10.9 Å². The van der Waals surface area contributed by atoms with E-state index in [1.807, 2.05) is 50.2 Å². The molecule has 8 nitrogen and oxygen atoms in total. The van der Waals surface area contributed by atoms with Gasteiger partial charge in [-0.1, -0.05) is 41.6 Å². The Labute approximate surface area is 166 Å². The van der Waals surface area contributed by atoms with Gasteiger partial charge in [-0.05, 0) is 42.0 Å². The first-order valence-electron chi connectivity index (χ1n) is 9.04. The van der Waals surface area contributed by atoms with Crippen LogP contribution in [0.3, 0.4) is 0 Å². The summed E-state index contributed by atoms with van der Waals surface area (Å²) in [4.78, 5) is 13.0. The summed E-state index contributed by atoms with van der Waals surface area (Å²) in [5.74, 6) is 0.809. The van der Waals surface area contributed by atoms with Gasteiger partial charge in [0.25, 0.3) is 5.91 Å². The summed E-state index contributed by atoms with van der Waals surface area (Å²) in [6.07, 6.45) is 2.23. The van der Waals surface area contributed by atoms with Gasteiger partial charge in [-0.2, -0.15) is 5.10 Å². The third-order valence-corrected chi connectivity index (χ3v) is 5.49. The maximum absolute atomic E-state index is 13.0. The van der Waals surface area contributed by atoms with E-state index in [0.717, 1.165) is 17.0 Å². The number of hydrogen-bond donors (Lipinski definition) is 0. The number of amides is 1. The number of hydrazone groups is 1. The number of carbonyl (C=O) groups excluding carboxylic acids is 1. The molecule has 0 bridgehead atoms. The Morgan fingerprint density at radius 1 is 1.29 bits per heavy atom. The van der Waals surface area contributed by atoms with Gasteiger partial charge in [-0.3, -0.25) is 4.79 Å². The van der Waals surface area contributed by atoms with E-state index in [2.05, 4.69) is 20.6 Å². The molecule has 1 aliphatic rings. The minimum atomic E-state index is -0.249. The highest BCUT2D eigenvalue weighted by molar-refractivity contribution is 7.99. The van der Waals surface area contributed by atoms with Gasteiger partial charge in [-0.15, -0.1) is 5.10 Å². The van der Waals surface area contributed by atoms with Crippen LogP contribution in [-0.4, -0.2) is 42.6 Å². The normalized spacial score (nSPS) is 16.4. The Bertz CT molecular complexity index is 980. The average molecular weight is 396 g/mol. The third-order valence-electron chi connectivity index (χ3n) is 4.55. The molecule has 0 saturated heterocycles. The molecule has 1 amide bonds. The van der Waals surface area contributed by atoms with Crippen molar-refractivity contribution in [1.29, 1.82) is 0 Å². The predicted octanol–water partition coefficient (Wildman–Crippen LogP) is 3.06. The second-order valence-electron chi connectivity index (χ2n) is 6.45. The first-order chi connectivity index (χ1) is 13.7. The molecule has 3 heterocycles. The standard InChI is InChI=1S/C19H20N6O2S/c1-3-24-19(20-22-23-24)28-12-18(26)25-16(17-5-4-10-27-17)11-15(21-25)14-8-6-13(2)7-9-14/h4-10,16H,3,11-12H2,1-2H3/t16-/m0/s1. The van der Waals surface area contributed by atoms with Crippen LogP contribution in [0.4, 0.5) is 0 Å². The number of hydrogen-bond acceptors (Lipinski definition) is 7. The van der Waals surface area contributed by atoms with Crippen molar-refractivity contribution in [2.75, 3.05) is 5.75 Å². The van der Waals surface area contributed by atoms with E-state index in [0.29, 0.717) is 18.1 Å². The summed E-state index contributed by atoms with van der Waals surface area (Å²) in [6.45, 7) is 4.65. The molecule has 4 rings (SSSR count). The molecular weight excluding hydrogens is 376 g/mol. The quantitative estimate of drug-likeness (QED) is 0.595. The smallest absolute Gasteiger partial charge is 0.253 e. The van der Waals surface area contributed by atoms with Gasteiger partial charge >= 0.3 is 0 Å². The molecule has 0 aliphatic carbocycles. The number of tetrazole rings is 1. The van der Waals surface area contributed by atoms with Crippen molar-refractivity contribution < 1.29 is 9.21 Å². The Morgan fingerprint density at radius 3 is 2.82 bits per heavy atom. The number of rotatable bonds is 6. The summed E-state index contributed by atoms with van der Waals surface area (Å²) < 4.78 is 7.24. The molecule has 2 aromatic heterocycles. The fourth-order valence-electron chi connectivity index (χ4n) is 3.05. The molecule has 0 radical (unpaired) electrons. The number of thioether (sulfide) groups is 1. The lowest BCUT2D eigenvalue weighted by Crippen LogP contribution is -2.28. The van der Waals surface area contributed by atoms with Crippen LogP contribution in [0.25, 0.3) is 0 Å². The van der Waals surface area contributed by atoms with E-state index in [9.17, 15) is 4.79 Å². The van der Waals surface area contributed by atoms with Crippen molar-refractivity contribution in [3.8, 4) is 0 Å². The molecule has 1 aromatic carbocycles. The summed E-state index contributed by atoms with van der Waals surface area (Å²) in [5.41, 5.74) is 3.07. The molecule has 0 spiro atoms. The van der Waals surface area contributed by atoms with E-state index in [-0.39, 0.29) is 17.7 Å². The van der Waals surface area contributed by atoms with Crippen LogP contribution in [0.1, 0.15) is 36.3 Å². The molecule has 9 heteroatoms. The number of aromatic nitrogens is 4. The van der Waals surface area contributed by atoms with Crippen molar-refractivity contribution in [1.82, 2.24) is 25.2 Å². The maximum Gasteiger partial charge on any atom is 0.253 e. The summed E-state index contributed by atoms with van der Waals surface area (Å²) >= 11 is 1.31. The molecular formula is C19H20N6O2S. The van der Waals surface area contributed by atoms with E-state index < -0.39 is 0 Å². The van der Waals surface area contributed by atoms with Gasteiger partial charge < -0.3 is 4.42 Å². The fraction of sp³-hybridized carbons (Fsp3) is 0.316. The summed E-state index contributed by atoms with van der Waals surface area (Å²) in [5, 5.41) is 18.3. The second kappa shape index (κ2) is 7.97. The molecule has 0 unspecified atom stereocenters. The number of nitrogens with zero attached hydrogens (tertiary/aromatic N) is 6. The SMILES string of the molecule is CCn1nnnc1SCC(=O)N1N=C(c2ccc(C)cc2)C[C@H]1c1ccco1. The monoisotopic (exact) mass is 396 g/mol. The molecule has 28 heavy (non-hydrogen) atoms. The maximum atomic E-state index is 13.0. The Morgan fingerprint density at radius 2 is 2.11 bits per heavy atom. The van der Waals surface area contributed by atoms with Crippen molar-refractivity contribution >= 4 is 23.4 Å². The van der Waals surface area contributed by atoms with Crippen molar-refractivity contribution in [2.24, 2.45) is 5.10 Å². The van der Waals surface area contributed by atoms with Gasteiger partial charge in [0.15, 0.2) is 0 Å². The predicted molar refractivity (Wildman–Crippen MR) is 105 cm³/mol. The lowest BCUT2D eigenvalue weighted by atomic mass is 10.0. The first kappa shape index (κ1) is 18.4.